The lowest BCUT2D eigenvalue weighted by molar-refractivity contribution is -0.121. The molecule has 0 aliphatic carbocycles. The van der Waals surface area contributed by atoms with Crippen LogP contribution in [-0.2, 0) is 4.79 Å². The van der Waals surface area contributed by atoms with Crippen molar-refractivity contribution >= 4 is 18.5 Å². The van der Waals surface area contributed by atoms with Gasteiger partial charge in [0.05, 0.1) is 0 Å². The first-order chi connectivity index (χ1) is 4.57. The third-order valence-corrected chi connectivity index (χ3v) is 1.82. The Morgan fingerprint density at radius 3 is 2.20 bits per heavy atom. The first-order valence-corrected chi connectivity index (χ1v) is 4.11. The van der Waals surface area contributed by atoms with E-state index in [1.165, 1.54) is 0 Å². The summed E-state index contributed by atoms with van der Waals surface area (Å²) in [5.41, 5.74) is 5.11. The van der Waals surface area contributed by atoms with Crippen molar-refractivity contribution in [3.8, 4) is 0 Å². The summed E-state index contributed by atoms with van der Waals surface area (Å²) < 4.78 is 0. The summed E-state index contributed by atoms with van der Waals surface area (Å²) in [6.07, 6.45) is 0.846. The SMILES string of the molecule is CC(C)CC(CS)C(N)=O. The van der Waals surface area contributed by atoms with Gasteiger partial charge in [-0.1, -0.05) is 13.8 Å². The third-order valence-electron chi connectivity index (χ3n) is 1.38. The van der Waals surface area contributed by atoms with E-state index in [2.05, 4.69) is 26.5 Å². The fourth-order valence-corrected chi connectivity index (χ4v) is 1.18. The van der Waals surface area contributed by atoms with Crippen LogP contribution in [0, 0.1) is 11.8 Å². The van der Waals surface area contributed by atoms with Gasteiger partial charge in [-0.2, -0.15) is 12.6 Å². The molecule has 2 nitrogen and oxygen atoms in total. The quantitative estimate of drug-likeness (QED) is 0.595. The molecule has 60 valence electrons. The smallest absolute Gasteiger partial charge is 0.221 e. The molecule has 0 aliphatic heterocycles. The van der Waals surface area contributed by atoms with Crippen molar-refractivity contribution < 1.29 is 4.79 Å². The van der Waals surface area contributed by atoms with Gasteiger partial charge < -0.3 is 5.73 Å². The molecular formula is C7H15NOS. The molecule has 0 aromatic carbocycles. The molecule has 0 rings (SSSR count). The Hall–Kier alpha value is -0.180. The van der Waals surface area contributed by atoms with Gasteiger partial charge in [0, 0.05) is 11.7 Å². The number of rotatable bonds is 4. The topological polar surface area (TPSA) is 43.1 Å². The summed E-state index contributed by atoms with van der Waals surface area (Å²) in [6.45, 7) is 4.14. The van der Waals surface area contributed by atoms with Crippen LogP contribution in [0.3, 0.4) is 0 Å². The first kappa shape index (κ1) is 9.82. The Kier molecular flexibility index (Phi) is 4.52. The van der Waals surface area contributed by atoms with Crippen LogP contribution in [0.2, 0.25) is 0 Å². The maximum absolute atomic E-state index is 10.6. The lowest BCUT2D eigenvalue weighted by atomic mass is 9.98. The molecule has 0 aliphatic rings. The van der Waals surface area contributed by atoms with E-state index in [9.17, 15) is 4.79 Å². The average Bonchev–Trinajstić information content (AvgIpc) is 1.81. The normalized spacial score (nSPS) is 13.6. The van der Waals surface area contributed by atoms with E-state index in [1.54, 1.807) is 0 Å². The van der Waals surface area contributed by atoms with E-state index < -0.39 is 0 Å². The summed E-state index contributed by atoms with van der Waals surface area (Å²) in [4.78, 5) is 10.6. The lowest BCUT2D eigenvalue weighted by Gasteiger charge is -2.11. The van der Waals surface area contributed by atoms with Crippen LogP contribution in [0.25, 0.3) is 0 Å². The number of hydrogen-bond acceptors (Lipinski definition) is 2. The largest absolute Gasteiger partial charge is 0.369 e. The minimum absolute atomic E-state index is 0.0525. The van der Waals surface area contributed by atoms with Gasteiger partial charge in [0.2, 0.25) is 5.91 Å². The molecule has 0 aromatic rings. The van der Waals surface area contributed by atoms with Crippen LogP contribution in [0.4, 0.5) is 0 Å². The molecular weight excluding hydrogens is 146 g/mol. The van der Waals surface area contributed by atoms with Crippen molar-refractivity contribution in [2.45, 2.75) is 20.3 Å². The lowest BCUT2D eigenvalue weighted by Crippen LogP contribution is -2.25. The zero-order valence-corrected chi connectivity index (χ0v) is 7.40. The van der Waals surface area contributed by atoms with Gasteiger partial charge in [0.25, 0.3) is 0 Å². The van der Waals surface area contributed by atoms with Gasteiger partial charge in [0.15, 0.2) is 0 Å². The second kappa shape index (κ2) is 4.61. The molecule has 0 spiro atoms. The summed E-state index contributed by atoms with van der Waals surface area (Å²) in [7, 11) is 0. The van der Waals surface area contributed by atoms with E-state index >= 15 is 0 Å². The molecule has 1 unspecified atom stereocenters. The molecule has 10 heavy (non-hydrogen) atoms. The highest BCUT2D eigenvalue weighted by atomic mass is 32.1. The Labute approximate surface area is 67.6 Å². The zero-order valence-electron chi connectivity index (χ0n) is 6.50. The van der Waals surface area contributed by atoms with Gasteiger partial charge in [0.1, 0.15) is 0 Å². The second-order valence-corrected chi connectivity index (χ2v) is 3.28. The zero-order chi connectivity index (χ0) is 8.15. The molecule has 0 bridgehead atoms. The van der Waals surface area contributed by atoms with Crippen LogP contribution in [0.5, 0.6) is 0 Å². The number of carbonyl (C=O) groups excluding carboxylic acids is 1. The molecule has 0 fully saturated rings. The molecule has 0 saturated heterocycles. The van der Waals surface area contributed by atoms with Crippen LogP contribution in [0.1, 0.15) is 20.3 Å². The number of thiol groups is 1. The Bertz CT molecular complexity index is 114. The van der Waals surface area contributed by atoms with Gasteiger partial charge in [-0.25, -0.2) is 0 Å². The maximum Gasteiger partial charge on any atom is 0.221 e. The number of primary amides is 1. The van der Waals surface area contributed by atoms with Gasteiger partial charge >= 0.3 is 0 Å². The number of hydrogen-bond donors (Lipinski definition) is 2. The molecule has 0 saturated carbocycles. The summed E-state index contributed by atoms with van der Waals surface area (Å²) >= 11 is 4.03. The monoisotopic (exact) mass is 161 g/mol. The number of amides is 1. The fraction of sp³-hybridized carbons (Fsp3) is 0.857. The summed E-state index contributed by atoms with van der Waals surface area (Å²) in [6, 6.07) is 0. The van der Waals surface area contributed by atoms with Gasteiger partial charge in [-0.15, -0.1) is 0 Å². The highest BCUT2D eigenvalue weighted by Gasteiger charge is 2.14. The number of carbonyl (C=O) groups is 1. The van der Waals surface area contributed by atoms with Crippen molar-refractivity contribution in [3.63, 3.8) is 0 Å². The van der Waals surface area contributed by atoms with E-state index in [-0.39, 0.29) is 11.8 Å². The molecule has 0 aromatic heterocycles. The van der Waals surface area contributed by atoms with Crippen LogP contribution >= 0.6 is 12.6 Å². The third kappa shape index (κ3) is 3.77. The van der Waals surface area contributed by atoms with Crippen molar-refractivity contribution in [2.24, 2.45) is 17.6 Å². The highest BCUT2D eigenvalue weighted by molar-refractivity contribution is 7.80. The van der Waals surface area contributed by atoms with Crippen LogP contribution in [-0.4, -0.2) is 11.7 Å². The molecule has 0 heterocycles. The molecule has 1 atom stereocenters. The molecule has 1 amide bonds. The fourth-order valence-electron chi connectivity index (χ4n) is 0.850. The van der Waals surface area contributed by atoms with E-state index in [4.69, 9.17) is 5.73 Å². The molecule has 2 N–H and O–H groups in total. The van der Waals surface area contributed by atoms with Gasteiger partial charge in [-0.3, -0.25) is 4.79 Å². The van der Waals surface area contributed by atoms with Gasteiger partial charge in [-0.05, 0) is 12.3 Å². The van der Waals surface area contributed by atoms with Crippen molar-refractivity contribution in [1.82, 2.24) is 0 Å². The minimum atomic E-state index is -0.233. The van der Waals surface area contributed by atoms with Crippen molar-refractivity contribution in [3.05, 3.63) is 0 Å². The minimum Gasteiger partial charge on any atom is -0.369 e. The summed E-state index contributed by atoms with van der Waals surface area (Å²) in [5.74, 6) is 0.796. The number of nitrogens with two attached hydrogens (primary N) is 1. The van der Waals surface area contributed by atoms with Crippen LogP contribution in [0.15, 0.2) is 0 Å². The standard InChI is InChI=1S/C7H15NOS/c1-5(2)3-6(4-10)7(8)9/h5-6,10H,3-4H2,1-2H3,(H2,8,9). The van der Waals surface area contributed by atoms with E-state index in [0.29, 0.717) is 11.7 Å². The molecule has 3 heteroatoms. The summed E-state index contributed by atoms with van der Waals surface area (Å²) in [5, 5.41) is 0. The van der Waals surface area contributed by atoms with E-state index in [1.807, 2.05) is 0 Å². The Morgan fingerprint density at radius 1 is 1.60 bits per heavy atom. The predicted molar refractivity (Wildman–Crippen MR) is 46.0 cm³/mol. The van der Waals surface area contributed by atoms with Crippen molar-refractivity contribution in [2.75, 3.05) is 5.75 Å². The highest BCUT2D eigenvalue weighted by Crippen LogP contribution is 2.11. The Morgan fingerprint density at radius 2 is 2.10 bits per heavy atom. The van der Waals surface area contributed by atoms with E-state index in [0.717, 1.165) is 6.42 Å². The Balaban J connectivity index is 3.72. The van der Waals surface area contributed by atoms with Crippen molar-refractivity contribution in [1.29, 1.82) is 0 Å². The predicted octanol–water partition coefficient (Wildman–Crippen LogP) is 1.06. The van der Waals surface area contributed by atoms with Crippen LogP contribution < -0.4 is 5.73 Å². The first-order valence-electron chi connectivity index (χ1n) is 3.48. The second-order valence-electron chi connectivity index (χ2n) is 2.91. The molecule has 0 radical (unpaired) electrons. The average molecular weight is 161 g/mol. The maximum atomic E-state index is 10.6.